The van der Waals surface area contributed by atoms with Gasteiger partial charge in [0.05, 0.1) is 13.2 Å². The SMILES string of the molecule is COc1ccc(COC(=O)C2C(O)CS[C@H]3[C@H](N)C(=O)N23)cc1. The van der Waals surface area contributed by atoms with Gasteiger partial charge in [-0.3, -0.25) is 4.79 Å². The molecule has 2 aliphatic heterocycles. The predicted octanol–water partition coefficient (Wildman–Crippen LogP) is -0.290. The van der Waals surface area contributed by atoms with Crippen LogP contribution in [0.4, 0.5) is 0 Å². The van der Waals surface area contributed by atoms with E-state index in [1.54, 1.807) is 31.4 Å². The summed E-state index contributed by atoms with van der Waals surface area (Å²) >= 11 is 1.38. The van der Waals surface area contributed by atoms with Gasteiger partial charge in [-0.05, 0) is 17.7 Å². The number of methoxy groups -OCH3 is 1. The lowest BCUT2D eigenvalue weighted by Crippen LogP contribution is -2.75. The van der Waals surface area contributed by atoms with E-state index in [1.807, 2.05) is 0 Å². The zero-order valence-corrected chi connectivity index (χ0v) is 13.4. The average molecular weight is 338 g/mol. The van der Waals surface area contributed by atoms with E-state index in [1.165, 1.54) is 16.7 Å². The molecule has 0 aromatic heterocycles. The van der Waals surface area contributed by atoms with Crippen molar-refractivity contribution in [1.29, 1.82) is 0 Å². The molecule has 0 spiro atoms. The van der Waals surface area contributed by atoms with Crippen molar-refractivity contribution in [2.24, 2.45) is 5.73 Å². The van der Waals surface area contributed by atoms with Gasteiger partial charge in [-0.25, -0.2) is 4.79 Å². The van der Waals surface area contributed by atoms with Gasteiger partial charge >= 0.3 is 5.97 Å². The highest BCUT2D eigenvalue weighted by Gasteiger charge is 2.56. The van der Waals surface area contributed by atoms with E-state index in [-0.39, 0.29) is 17.9 Å². The van der Waals surface area contributed by atoms with Crippen molar-refractivity contribution in [3.05, 3.63) is 29.8 Å². The molecule has 2 aliphatic rings. The molecule has 3 rings (SSSR count). The Hall–Kier alpha value is -1.77. The number of esters is 1. The summed E-state index contributed by atoms with van der Waals surface area (Å²) in [5, 5.41) is 9.80. The third-order valence-electron chi connectivity index (χ3n) is 4.00. The number of hydrogen-bond acceptors (Lipinski definition) is 7. The minimum atomic E-state index is -0.980. The fraction of sp³-hybridized carbons (Fsp3) is 0.467. The van der Waals surface area contributed by atoms with Gasteiger partial charge in [0.1, 0.15) is 23.8 Å². The highest BCUT2D eigenvalue weighted by atomic mass is 32.2. The summed E-state index contributed by atoms with van der Waals surface area (Å²) in [4.78, 5) is 25.5. The second kappa shape index (κ2) is 6.38. The fourth-order valence-electron chi connectivity index (χ4n) is 2.70. The second-order valence-corrected chi connectivity index (χ2v) is 6.61. The molecule has 0 bridgehead atoms. The van der Waals surface area contributed by atoms with Crippen molar-refractivity contribution in [3.63, 3.8) is 0 Å². The number of fused-ring (bicyclic) bond motifs is 1. The molecule has 2 fully saturated rings. The van der Waals surface area contributed by atoms with Gasteiger partial charge in [-0.2, -0.15) is 0 Å². The van der Waals surface area contributed by atoms with Crippen LogP contribution in [-0.4, -0.2) is 58.3 Å². The standard InChI is InChI=1S/C15H18N2O5S/c1-21-9-4-2-8(3-5-9)6-22-15(20)12-10(18)7-23-14-11(16)13(19)17(12)14/h2-5,10-12,14,18H,6-7,16H2,1H3/t10?,11-,12?,14+/m1/s1. The summed E-state index contributed by atoms with van der Waals surface area (Å²) in [6.07, 6.45) is -0.948. The molecule has 0 saturated carbocycles. The van der Waals surface area contributed by atoms with E-state index in [2.05, 4.69) is 0 Å². The van der Waals surface area contributed by atoms with E-state index in [4.69, 9.17) is 15.2 Å². The number of rotatable bonds is 4. The first-order valence-corrected chi connectivity index (χ1v) is 8.25. The number of thioether (sulfide) groups is 1. The van der Waals surface area contributed by atoms with Crippen molar-refractivity contribution in [1.82, 2.24) is 4.90 Å². The van der Waals surface area contributed by atoms with Crippen LogP contribution in [0.3, 0.4) is 0 Å². The first-order valence-electron chi connectivity index (χ1n) is 7.20. The third kappa shape index (κ3) is 2.89. The van der Waals surface area contributed by atoms with Crippen LogP contribution in [0.15, 0.2) is 24.3 Å². The van der Waals surface area contributed by atoms with E-state index in [9.17, 15) is 14.7 Å². The van der Waals surface area contributed by atoms with Crippen molar-refractivity contribution < 1.29 is 24.2 Å². The molecular weight excluding hydrogens is 320 g/mol. The molecule has 1 aromatic carbocycles. The van der Waals surface area contributed by atoms with E-state index in [0.29, 0.717) is 11.5 Å². The summed E-state index contributed by atoms with van der Waals surface area (Å²) < 4.78 is 10.3. The minimum Gasteiger partial charge on any atom is -0.497 e. The van der Waals surface area contributed by atoms with Gasteiger partial charge in [0.15, 0.2) is 6.04 Å². The normalized spacial score (nSPS) is 29.5. The fourth-order valence-corrected chi connectivity index (χ4v) is 3.99. The van der Waals surface area contributed by atoms with Crippen molar-refractivity contribution >= 4 is 23.6 Å². The van der Waals surface area contributed by atoms with E-state index in [0.717, 1.165) is 5.56 Å². The Morgan fingerprint density at radius 3 is 2.78 bits per heavy atom. The quantitative estimate of drug-likeness (QED) is 0.574. The second-order valence-electron chi connectivity index (χ2n) is 5.46. The van der Waals surface area contributed by atoms with Crippen LogP contribution >= 0.6 is 11.8 Å². The van der Waals surface area contributed by atoms with Gasteiger partial charge in [-0.1, -0.05) is 12.1 Å². The molecule has 124 valence electrons. The number of nitrogens with two attached hydrogens (primary N) is 1. The molecule has 0 radical (unpaired) electrons. The van der Waals surface area contributed by atoms with Gasteiger partial charge in [0, 0.05) is 5.75 Å². The Morgan fingerprint density at radius 2 is 2.13 bits per heavy atom. The highest BCUT2D eigenvalue weighted by molar-refractivity contribution is 8.00. The molecule has 2 heterocycles. The number of aliphatic hydroxyl groups is 1. The summed E-state index contributed by atoms with van der Waals surface area (Å²) in [6.45, 7) is 0.0674. The molecule has 3 N–H and O–H groups in total. The molecule has 1 amide bonds. The zero-order chi connectivity index (χ0) is 16.6. The summed E-state index contributed by atoms with van der Waals surface area (Å²) in [6, 6.07) is 5.52. The van der Waals surface area contributed by atoms with E-state index < -0.39 is 24.2 Å². The highest BCUT2D eigenvalue weighted by Crippen LogP contribution is 2.37. The lowest BCUT2D eigenvalue weighted by molar-refractivity contribution is -0.170. The molecule has 0 aliphatic carbocycles. The van der Waals surface area contributed by atoms with Crippen LogP contribution in [0.1, 0.15) is 5.56 Å². The van der Waals surface area contributed by atoms with Crippen LogP contribution in [-0.2, 0) is 20.9 Å². The maximum Gasteiger partial charge on any atom is 0.331 e. The number of amides is 1. The molecule has 2 saturated heterocycles. The van der Waals surface area contributed by atoms with Crippen LogP contribution < -0.4 is 10.5 Å². The molecule has 4 atom stereocenters. The van der Waals surface area contributed by atoms with Crippen LogP contribution in [0.5, 0.6) is 5.75 Å². The molecule has 23 heavy (non-hydrogen) atoms. The Kier molecular flexibility index (Phi) is 4.47. The maximum atomic E-state index is 12.3. The Balaban J connectivity index is 1.63. The first-order chi connectivity index (χ1) is 11.0. The monoisotopic (exact) mass is 338 g/mol. The molecule has 1 aromatic rings. The number of hydrogen-bond donors (Lipinski definition) is 2. The lowest BCUT2D eigenvalue weighted by atomic mass is 10.0. The molecule has 8 heteroatoms. The number of carbonyl (C=O) groups excluding carboxylic acids is 2. The smallest absolute Gasteiger partial charge is 0.331 e. The van der Waals surface area contributed by atoms with Crippen LogP contribution in [0, 0.1) is 0 Å². The van der Waals surface area contributed by atoms with Crippen molar-refractivity contribution in [3.8, 4) is 5.75 Å². The lowest BCUT2D eigenvalue weighted by Gasteiger charge is -2.52. The number of aliphatic hydroxyl groups excluding tert-OH is 1. The van der Waals surface area contributed by atoms with Crippen molar-refractivity contribution in [2.75, 3.05) is 12.9 Å². The Morgan fingerprint density at radius 1 is 1.43 bits per heavy atom. The number of carbonyl (C=O) groups is 2. The van der Waals surface area contributed by atoms with E-state index >= 15 is 0 Å². The zero-order valence-electron chi connectivity index (χ0n) is 12.5. The summed E-state index contributed by atoms with van der Waals surface area (Å²) in [7, 11) is 1.57. The number of ether oxygens (including phenoxy) is 2. The predicted molar refractivity (Wildman–Crippen MR) is 83.7 cm³/mol. The Labute approximate surface area is 137 Å². The number of β-lactam (4-membered cyclic amide) rings is 1. The van der Waals surface area contributed by atoms with Gasteiger partial charge < -0.3 is 25.2 Å². The molecule has 7 nitrogen and oxygen atoms in total. The first kappa shape index (κ1) is 16.1. The average Bonchev–Trinajstić information content (AvgIpc) is 2.59. The van der Waals surface area contributed by atoms with Gasteiger partial charge in [0.2, 0.25) is 5.91 Å². The van der Waals surface area contributed by atoms with Gasteiger partial charge in [-0.15, -0.1) is 11.8 Å². The van der Waals surface area contributed by atoms with Crippen LogP contribution in [0.2, 0.25) is 0 Å². The number of benzene rings is 1. The Bertz CT molecular complexity index is 608. The summed E-state index contributed by atoms with van der Waals surface area (Å²) in [5.74, 6) is 0.124. The maximum absolute atomic E-state index is 12.3. The summed E-state index contributed by atoms with van der Waals surface area (Å²) in [5.41, 5.74) is 6.51. The topological polar surface area (TPSA) is 102 Å². The molecular formula is C15H18N2O5S. The minimum absolute atomic E-state index is 0.0674. The molecule has 2 unspecified atom stereocenters. The third-order valence-corrected chi connectivity index (χ3v) is 5.40. The largest absolute Gasteiger partial charge is 0.497 e. The van der Waals surface area contributed by atoms with Crippen LogP contribution in [0.25, 0.3) is 0 Å². The number of nitrogens with zero attached hydrogens (tertiary/aromatic N) is 1. The van der Waals surface area contributed by atoms with Gasteiger partial charge in [0.25, 0.3) is 0 Å². The van der Waals surface area contributed by atoms with Crippen molar-refractivity contribution in [2.45, 2.75) is 30.2 Å².